The normalized spacial score (nSPS) is 27.5. The Bertz CT molecular complexity index is 190. The van der Waals surface area contributed by atoms with Gasteiger partial charge >= 0.3 is 0 Å². The largest absolute Gasteiger partial charge is 0.377 e. The molecule has 0 amide bonds. The lowest BCUT2D eigenvalue weighted by atomic mass is 10.1. The van der Waals surface area contributed by atoms with Gasteiger partial charge in [0.15, 0.2) is 0 Å². The highest BCUT2D eigenvalue weighted by Gasteiger charge is 2.33. The van der Waals surface area contributed by atoms with Crippen molar-refractivity contribution in [3.05, 3.63) is 0 Å². The van der Waals surface area contributed by atoms with E-state index in [9.17, 15) is 0 Å². The van der Waals surface area contributed by atoms with Crippen LogP contribution in [0.5, 0.6) is 0 Å². The molecule has 4 nitrogen and oxygen atoms in total. The number of hydrogen-bond acceptors (Lipinski definition) is 4. The monoisotopic (exact) mass is 244 g/mol. The van der Waals surface area contributed by atoms with Gasteiger partial charge in [0.1, 0.15) is 0 Å². The second-order valence-corrected chi connectivity index (χ2v) is 5.08. The van der Waals surface area contributed by atoms with E-state index in [0.717, 1.165) is 32.7 Å². The van der Waals surface area contributed by atoms with Gasteiger partial charge < -0.3 is 14.8 Å². The number of likely N-dealkylation sites (tertiary alicyclic amines) is 1. The first kappa shape index (κ1) is 14.9. The number of methoxy groups -OCH3 is 2. The van der Waals surface area contributed by atoms with E-state index in [-0.39, 0.29) is 12.2 Å². The van der Waals surface area contributed by atoms with E-state index in [1.54, 1.807) is 14.2 Å². The van der Waals surface area contributed by atoms with Gasteiger partial charge in [0.05, 0.1) is 12.2 Å². The molecule has 102 valence electrons. The van der Waals surface area contributed by atoms with Crippen LogP contribution in [0.25, 0.3) is 0 Å². The van der Waals surface area contributed by atoms with Gasteiger partial charge in [-0.3, -0.25) is 4.90 Å². The summed E-state index contributed by atoms with van der Waals surface area (Å²) < 4.78 is 10.9. The van der Waals surface area contributed by atoms with Gasteiger partial charge in [0, 0.05) is 33.9 Å². The molecule has 0 radical (unpaired) electrons. The van der Waals surface area contributed by atoms with Crippen molar-refractivity contribution in [1.82, 2.24) is 10.2 Å². The molecular formula is C13H28N2O2. The van der Waals surface area contributed by atoms with Crippen LogP contribution in [-0.2, 0) is 9.47 Å². The summed E-state index contributed by atoms with van der Waals surface area (Å²) >= 11 is 0. The maximum absolute atomic E-state index is 5.44. The molecule has 0 aromatic heterocycles. The Kier molecular flexibility index (Phi) is 7.04. The first-order chi connectivity index (χ1) is 8.21. The van der Waals surface area contributed by atoms with Gasteiger partial charge in [-0.25, -0.2) is 0 Å². The lowest BCUT2D eigenvalue weighted by molar-refractivity contribution is -0.00461. The van der Waals surface area contributed by atoms with Gasteiger partial charge in [0.2, 0.25) is 0 Å². The highest BCUT2D eigenvalue weighted by atomic mass is 16.5. The number of rotatable bonds is 8. The van der Waals surface area contributed by atoms with E-state index in [0.29, 0.717) is 5.92 Å². The minimum atomic E-state index is 0.232. The molecule has 0 spiro atoms. The van der Waals surface area contributed by atoms with Crippen molar-refractivity contribution < 1.29 is 9.47 Å². The summed E-state index contributed by atoms with van der Waals surface area (Å²) in [6, 6.07) is 0. The fourth-order valence-corrected chi connectivity index (χ4v) is 2.45. The molecule has 1 rings (SSSR count). The first-order valence-corrected chi connectivity index (χ1v) is 6.69. The van der Waals surface area contributed by atoms with Gasteiger partial charge in [-0.1, -0.05) is 13.8 Å². The zero-order valence-electron chi connectivity index (χ0n) is 11.7. The van der Waals surface area contributed by atoms with Gasteiger partial charge in [-0.15, -0.1) is 0 Å². The Hall–Kier alpha value is -0.160. The fourth-order valence-electron chi connectivity index (χ4n) is 2.45. The van der Waals surface area contributed by atoms with Gasteiger partial charge in [0.25, 0.3) is 0 Å². The molecule has 1 aliphatic heterocycles. The Morgan fingerprint density at radius 3 is 2.29 bits per heavy atom. The molecule has 17 heavy (non-hydrogen) atoms. The van der Waals surface area contributed by atoms with Crippen LogP contribution in [0, 0.1) is 5.92 Å². The molecule has 0 aromatic carbocycles. The quantitative estimate of drug-likeness (QED) is 0.645. The van der Waals surface area contributed by atoms with E-state index < -0.39 is 0 Å². The molecule has 3 unspecified atom stereocenters. The van der Waals surface area contributed by atoms with E-state index in [1.165, 1.54) is 6.42 Å². The highest BCUT2D eigenvalue weighted by molar-refractivity contribution is 4.86. The molecule has 0 aliphatic carbocycles. The second kappa shape index (κ2) is 8.03. The van der Waals surface area contributed by atoms with Gasteiger partial charge in [-0.2, -0.15) is 0 Å². The zero-order chi connectivity index (χ0) is 12.7. The number of nitrogens with one attached hydrogen (secondary N) is 1. The van der Waals surface area contributed by atoms with Crippen molar-refractivity contribution in [2.24, 2.45) is 5.92 Å². The predicted molar refractivity (Wildman–Crippen MR) is 70.4 cm³/mol. The van der Waals surface area contributed by atoms with E-state index in [4.69, 9.17) is 9.47 Å². The van der Waals surface area contributed by atoms with Crippen LogP contribution < -0.4 is 5.32 Å². The maximum atomic E-state index is 5.44. The fraction of sp³-hybridized carbons (Fsp3) is 1.00. The Balaban J connectivity index is 2.23. The van der Waals surface area contributed by atoms with Gasteiger partial charge in [-0.05, 0) is 25.4 Å². The molecule has 0 bridgehead atoms. The number of ether oxygens (including phenoxy) is 2. The van der Waals surface area contributed by atoms with Crippen molar-refractivity contribution >= 4 is 0 Å². The average Bonchev–Trinajstić information content (AvgIpc) is 2.71. The summed E-state index contributed by atoms with van der Waals surface area (Å²) in [5.74, 6) is 0.676. The third-order valence-corrected chi connectivity index (χ3v) is 3.39. The van der Waals surface area contributed by atoms with Crippen LogP contribution in [0.1, 0.15) is 20.3 Å². The molecule has 3 atom stereocenters. The molecule has 0 saturated carbocycles. The Labute approximate surface area is 106 Å². The summed E-state index contributed by atoms with van der Waals surface area (Å²) in [7, 11) is 3.54. The molecule has 1 aliphatic rings. The second-order valence-electron chi connectivity index (χ2n) is 5.08. The van der Waals surface area contributed by atoms with Crippen molar-refractivity contribution in [2.75, 3.05) is 46.9 Å². The summed E-state index contributed by atoms with van der Waals surface area (Å²) in [5.41, 5.74) is 0. The van der Waals surface area contributed by atoms with E-state index in [2.05, 4.69) is 24.1 Å². The van der Waals surface area contributed by atoms with Crippen molar-refractivity contribution in [3.63, 3.8) is 0 Å². The molecule has 1 heterocycles. The topological polar surface area (TPSA) is 33.7 Å². The molecule has 1 saturated heterocycles. The van der Waals surface area contributed by atoms with E-state index in [1.807, 2.05) is 0 Å². The minimum Gasteiger partial charge on any atom is -0.377 e. The average molecular weight is 244 g/mol. The minimum absolute atomic E-state index is 0.232. The first-order valence-electron chi connectivity index (χ1n) is 6.69. The summed E-state index contributed by atoms with van der Waals surface area (Å²) in [6.45, 7) is 9.82. The summed E-state index contributed by atoms with van der Waals surface area (Å²) in [5, 5.41) is 3.47. The molecule has 1 fully saturated rings. The van der Waals surface area contributed by atoms with Crippen LogP contribution in [0.15, 0.2) is 0 Å². The third-order valence-electron chi connectivity index (χ3n) is 3.39. The number of nitrogens with zero attached hydrogens (tertiary/aromatic N) is 1. The van der Waals surface area contributed by atoms with Crippen LogP contribution in [0.3, 0.4) is 0 Å². The molecular weight excluding hydrogens is 216 g/mol. The van der Waals surface area contributed by atoms with Crippen LogP contribution in [0.2, 0.25) is 0 Å². The molecule has 1 N–H and O–H groups in total. The third kappa shape index (κ3) is 4.92. The maximum Gasteiger partial charge on any atom is 0.0971 e. The van der Waals surface area contributed by atoms with Crippen molar-refractivity contribution in [3.8, 4) is 0 Å². The van der Waals surface area contributed by atoms with Crippen molar-refractivity contribution in [1.29, 1.82) is 0 Å². The zero-order valence-corrected chi connectivity index (χ0v) is 11.7. The van der Waals surface area contributed by atoms with Crippen LogP contribution >= 0.6 is 0 Å². The van der Waals surface area contributed by atoms with Crippen molar-refractivity contribution in [2.45, 2.75) is 32.5 Å². The standard InChI is InChI=1S/C13H28N2O2/c1-5-6-14-7-11(2)8-15-9-12(16-3)13(10-15)17-4/h11-14H,5-10H2,1-4H3. The lowest BCUT2D eigenvalue weighted by Crippen LogP contribution is -2.33. The molecule has 4 heteroatoms. The highest BCUT2D eigenvalue weighted by Crippen LogP contribution is 2.16. The summed E-state index contributed by atoms with van der Waals surface area (Å²) in [4.78, 5) is 2.45. The smallest absolute Gasteiger partial charge is 0.0971 e. The van der Waals surface area contributed by atoms with Crippen LogP contribution in [0.4, 0.5) is 0 Å². The molecule has 0 aromatic rings. The summed E-state index contributed by atoms with van der Waals surface area (Å²) in [6.07, 6.45) is 1.67. The van der Waals surface area contributed by atoms with Crippen LogP contribution in [-0.4, -0.2) is 64.1 Å². The SMILES string of the molecule is CCCNCC(C)CN1CC(OC)C(OC)C1. The number of hydrogen-bond donors (Lipinski definition) is 1. The predicted octanol–water partition coefficient (Wildman–Crippen LogP) is 0.968. The lowest BCUT2D eigenvalue weighted by Gasteiger charge is -2.20. The Morgan fingerprint density at radius 2 is 1.82 bits per heavy atom. The Morgan fingerprint density at radius 1 is 1.24 bits per heavy atom. The van der Waals surface area contributed by atoms with E-state index >= 15 is 0 Å².